The van der Waals surface area contributed by atoms with E-state index in [-0.39, 0.29) is 5.97 Å². The summed E-state index contributed by atoms with van der Waals surface area (Å²) >= 11 is 4.53. The normalized spacial score (nSPS) is 15.1. The molecule has 0 aromatic heterocycles. The maximum atomic E-state index is 11.0. The van der Waals surface area contributed by atoms with Crippen molar-refractivity contribution < 1.29 is 9.53 Å². The van der Waals surface area contributed by atoms with E-state index < -0.39 is 0 Å². The van der Waals surface area contributed by atoms with Gasteiger partial charge in [0.1, 0.15) is 5.75 Å². The number of rotatable bonds is 0. The predicted molar refractivity (Wildman–Crippen MR) is 65.8 cm³/mol. The van der Waals surface area contributed by atoms with E-state index in [1.54, 1.807) is 0 Å². The average Bonchev–Trinajstić information content (AvgIpc) is 2.08. The first-order chi connectivity index (χ1) is 6.16. The van der Waals surface area contributed by atoms with Crippen LogP contribution in [-0.2, 0) is 11.2 Å². The van der Waals surface area contributed by atoms with Crippen molar-refractivity contribution >= 4 is 51.2 Å². The summed E-state index contributed by atoms with van der Waals surface area (Å²) in [5.74, 6) is 0.616. The van der Waals surface area contributed by atoms with Crippen molar-refractivity contribution in [1.29, 1.82) is 0 Å². The molecule has 4 heteroatoms. The highest BCUT2D eigenvalue weighted by Crippen LogP contribution is 2.30. The highest BCUT2D eigenvalue weighted by atomic mass is 127. The zero-order valence-electron chi connectivity index (χ0n) is 6.64. The summed E-state index contributed by atoms with van der Waals surface area (Å²) in [6.07, 6.45) is 1.31. The standard InChI is InChI=1S/C9H6I2O2/c10-6-3-5-1-2-9(12)13-8(5)4-7(6)11/h3-4H,1-2H2. The zero-order chi connectivity index (χ0) is 9.42. The number of carbonyl (C=O) groups is 1. The van der Waals surface area contributed by atoms with Crippen LogP contribution in [0, 0.1) is 7.14 Å². The number of carbonyl (C=O) groups excluding carboxylic acids is 1. The van der Waals surface area contributed by atoms with Gasteiger partial charge in [-0.05, 0) is 69.3 Å². The summed E-state index contributed by atoms with van der Waals surface area (Å²) in [5, 5.41) is 0. The molecule has 0 fully saturated rings. The second-order valence-electron chi connectivity index (χ2n) is 2.85. The second kappa shape index (κ2) is 3.72. The molecule has 1 aliphatic heterocycles. The molecule has 0 amide bonds. The van der Waals surface area contributed by atoms with Gasteiger partial charge in [-0.1, -0.05) is 0 Å². The van der Waals surface area contributed by atoms with Gasteiger partial charge in [-0.15, -0.1) is 0 Å². The van der Waals surface area contributed by atoms with Gasteiger partial charge in [0.05, 0.1) is 6.42 Å². The Morgan fingerprint density at radius 1 is 1.15 bits per heavy atom. The number of aryl methyl sites for hydroxylation is 1. The molecule has 0 saturated heterocycles. The van der Waals surface area contributed by atoms with Crippen molar-refractivity contribution in [3.8, 4) is 5.75 Å². The molecule has 0 unspecified atom stereocenters. The van der Waals surface area contributed by atoms with Crippen LogP contribution in [0.3, 0.4) is 0 Å². The third kappa shape index (κ3) is 1.98. The lowest BCUT2D eigenvalue weighted by molar-refractivity contribution is -0.135. The molecule has 1 aromatic rings. The monoisotopic (exact) mass is 400 g/mol. The van der Waals surface area contributed by atoms with Crippen LogP contribution >= 0.6 is 45.2 Å². The summed E-state index contributed by atoms with van der Waals surface area (Å²) < 4.78 is 7.47. The van der Waals surface area contributed by atoms with E-state index >= 15 is 0 Å². The van der Waals surface area contributed by atoms with Crippen molar-refractivity contribution in [2.75, 3.05) is 0 Å². The van der Waals surface area contributed by atoms with Gasteiger partial charge < -0.3 is 4.74 Å². The lowest BCUT2D eigenvalue weighted by atomic mass is 10.1. The number of benzene rings is 1. The van der Waals surface area contributed by atoms with Crippen LogP contribution in [0.1, 0.15) is 12.0 Å². The zero-order valence-corrected chi connectivity index (χ0v) is 11.0. The summed E-state index contributed by atoms with van der Waals surface area (Å²) in [4.78, 5) is 11.0. The molecule has 0 spiro atoms. The second-order valence-corrected chi connectivity index (χ2v) is 5.17. The largest absolute Gasteiger partial charge is 0.426 e. The Morgan fingerprint density at radius 2 is 1.85 bits per heavy atom. The third-order valence-corrected chi connectivity index (χ3v) is 4.74. The van der Waals surface area contributed by atoms with E-state index in [4.69, 9.17) is 4.74 Å². The Balaban J connectivity index is 2.49. The fraction of sp³-hybridized carbons (Fsp3) is 0.222. The fourth-order valence-electron chi connectivity index (χ4n) is 1.27. The quantitative estimate of drug-likeness (QED) is 0.381. The molecule has 1 aromatic carbocycles. The minimum absolute atomic E-state index is 0.121. The first-order valence-electron chi connectivity index (χ1n) is 3.85. The summed E-state index contributed by atoms with van der Waals surface area (Å²) in [6, 6.07) is 4.01. The van der Waals surface area contributed by atoms with E-state index in [0.717, 1.165) is 21.3 Å². The van der Waals surface area contributed by atoms with Gasteiger partial charge in [0.25, 0.3) is 0 Å². The fourth-order valence-corrected chi connectivity index (χ4v) is 2.24. The van der Waals surface area contributed by atoms with E-state index in [1.807, 2.05) is 6.07 Å². The summed E-state index contributed by atoms with van der Waals surface area (Å²) in [6.45, 7) is 0. The molecular weight excluding hydrogens is 394 g/mol. The van der Waals surface area contributed by atoms with Crippen molar-refractivity contribution in [2.45, 2.75) is 12.8 Å². The predicted octanol–water partition coefficient (Wildman–Crippen LogP) is 2.75. The van der Waals surface area contributed by atoms with Gasteiger partial charge in [-0.3, -0.25) is 4.79 Å². The number of hydrogen-bond donors (Lipinski definition) is 0. The van der Waals surface area contributed by atoms with Crippen molar-refractivity contribution in [3.05, 3.63) is 24.8 Å². The minimum Gasteiger partial charge on any atom is -0.426 e. The van der Waals surface area contributed by atoms with Gasteiger partial charge in [0, 0.05) is 7.14 Å². The maximum Gasteiger partial charge on any atom is 0.311 e. The van der Waals surface area contributed by atoms with Crippen LogP contribution in [0.15, 0.2) is 12.1 Å². The van der Waals surface area contributed by atoms with E-state index in [0.29, 0.717) is 6.42 Å². The molecule has 2 nitrogen and oxygen atoms in total. The summed E-state index contributed by atoms with van der Waals surface area (Å²) in [5.41, 5.74) is 1.14. The van der Waals surface area contributed by atoms with E-state index in [1.165, 1.54) is 3.57 Å². The molecule has 0 bridgehead atoms. The first-order valence-corrected chi connectivity index (χ1v) is 6.01. The van der Waals surface area contributed by atoms with Gasteiger partial charge >= 0.3 is 5.97 Å². The number of halogens is 2. The van der Waals surface area contributed by atoms with E-state index in [9.17, 15) is 4.79 Å². The number of esters is 1. The topological polar surface area (TPSA) is 26.3 Å². The lowest BCUT2D eigenvalue weighted by Crippen LogP contribution is -2.16. The molecule has 0 saturated carbocycles. The highest BCUT2D eigenvalue weighted by molar-refractivity contribution is 14.1. The van der Waals surface area contributed by atoms with Crippen molar-refractivity contribution in [3.63, 3.8) is 0 Å². The number of hydrogen-bond acceptors (Lipinski definition) is 2. The molecule has 1 heterocycles. The van der Waals surface area contributed by atoms with Crippen molar-refractivity contribution in [2.24, 2.45) is 0 Å². The minimum atomic E-state index is -0.121. The molecule has 0 N–H and O–H groups in total. The average molecular weight is 400 g/mol. The molecule has 1 aliphatic rings. The van der Waals surface area contributed by atoms with E-state index in [2.05, 4.69) is 51.2 Å². The molecule has 0 atom stereocenters. The van der Waals surface area contributed by atoms with Crippen LogP contribution in [0.2, 0.25) is 0 Å². The molecule has 13 heavy (non-hydrogen) atoms. The van der Waals surface area contributed by atoms with Gasteiger partial charge in [-0.25, -0.2) is 0 Å². The Hall–Kier alpha value is 0.150. The molecule has 0 aliphatic carbocycles. The SMILES string of the molecule is O=C1CCc2cc(I)c(I)cc2O1. The van der Waals surface area contributed by atoms with Crippen LogP contribution < -0.4 is 4.74 Å². The maximum absolute atomic E-state index is 11.0. The van der Waals surface area contributed by atoms with Crippen LogP contribution in [0.4, 0.5) is 0 Å². The molecule has 2 rings (SSSR count). The highest BCUT2D eigenvalue weighted by Gasteiger charge is 2.18. The third-order valence-electron chi connectivity index (χ3n) is 1.93. The van der Waals surface area contributed by atoms with Crippen LogP contribution in [-0.4, -0.2) is 5.97 Å². The van der Waals surface area contributed by atoms with Crippen LogP contribution in [0.5, 0.6) is 5.75 Å². The van der Waals surface area contributed by atoms with Crippen molar-refractivity contribution in [1.82, 2.24) is 0 Å². The molecule has 68 valence electrons. The smallest absolute Gasteiger partial charge is 0.311 e. The Bertz CT molecular complexity index is 374. The Kier molecular flexibility index (Phi) is 2.77. The van der Waals surface area contributed by atoms with Crippen LogP contribution in [0.25, 0.3) is 0 Å². The van der Waals surface area contributed by atoms with Gasteiger partial charge in [-0.2, -0.15) is 0 Å². The Labute approximate surface area is 103 Å². The first kappa shape index (κ1) is 9.70. The molecular formula is C9H6I2O2. The number of ether oxygens (including phenoxy) is 1. The molecule has 0 radical (unpaired) electrons. The van der Waals surface area contributed by atoms with Gasteiger partial charge in [0.2, 0.25) is 0 Å². The lowest BCUT2D eigenvalue weighted by Gasteiger charge is -2.16. The van der Waals surface area contributed by atoms with Gasteiger partial charge in [0.15, 0.2) is 0 Å². The number of fused-ring (bicyclic) bond motifs is 1. The Morgan fingerprint density at radius 3 is 2.62 bits per heavy atom. The summed E-state index contributed by atoms with van der Waals surface area (Å²) in [7, 11) is 0.